The first-order valence-electron chi connectivity index (χ1n) is 8.69. The first kappa shape index (κ1) is 18.2. The molecule has 0 radical (unpaired) electrons. The number of halogens is 2. The Hall–Kier alpha value is -2.87. The monoisotopic (exact) mass is 441 g/mol. The molecular formula is C20H13Cl2N5OS. The summed E-state index contributed by atoms with van der Waals surface area (Å²) in [6, 6.07) is 11.0. The Morgan fingerprint density at radius 1 is 1.03 bits per heavy atom. The molecule has 6 nitrogen and oxygen atoms in total. The Labute approximate surface area is 178 Å². The van der Waals surface area contributed by atoms with E-state index in [9.17, 15) is 4.79 Å². The van der Waals surface area contributed by atoms with Gasteiger partial charge in [0.25, 0.3) is 5.56 Å². The van der Waals surface area contributed by atoms with Crippen molar-refractivity contribution in [1.82, 2.24) is 19.9 Å². The highest BCUT2D eigenvalue weighted by Gasteiger charge is 2.16. The van der Waals surface area contributed by atoms with Crippen molar-refractivity contribution in [2.45, 2.75) is 6.92 Å². The fourth-order valence-corrected chi connectivity index (χ4v) is 4.43. The van der Waals surface area contributed by atoms with Crippen molar-refractivity contribution in [3.8, 4) is 10.7 Å². The second-order valence-corrected chi connectivity index (χ2v) is 8.27. The van der Waals surface area contributed by atoms with Gasteiger partial charge in [0.1, 0.15) is 5.52 Å². The van der Waals surface area contributed by atoms with Crippen molar-refractivity contribution in [1.29, 1.82) is 0 Å². The van der Waals surface area contributed by atoms with Gasteiger partial charge in [-0.3, -0.25) is 4.79 Å². The van der Waals surface area contributed by atoms with Gasteiger partial charge in [0.15, 0.2) is 5.82 Å². The SMILES string of the molecule is Cc1cc2[nH]c(Nc3c(Cl)cccc3Cl)nc2c2c(=O)[nH]c(-c3cccs3)nc12. The number of fused-ring (bicyclic) bond motifs is 3. The molecule has 0 aliphatic rings. The van der Waals surface area contributed by atoms with Crippen LogP contribution in [0.25, 0.3) is 32.6 Å². The zero-order chi connectivity index (χ0) is 20.1. The third-order valence-corrected chi connectivity index (χ3v) is 6.09. The van der Waals surface area contributed by atoms with Gasteiger partial charge in [0.05, 0.1) is 37.0 Å². The molecule has 0 saturated heterocycles. The molecular weight excluding hydrogens is 429 g/mol. The molecule has 0 fully saturated rings. The van der Waals surface area contributed by atoms with E-state index in [0.717, 1.165) is 16.0 Å². The lowest BCUT2D eigenvalue weighted by Gasteiger charge is -2.06. The van der Waals surface area contributed by atoms with Crippen molar-refractivity contribution in [2.75, 3.05) is 5.32 Å². The number of thiophene rings is 1. The van der Waals surface area contributed by atoms with Gasteiger partial charge in [-0.1, -0.05) is 35.3 Å². The van der Waals surface area contributed by atoms with Gasteiger partial charge < -0.3 is 15.3 Å². The number of nitrogens with one attached hydrogen (secondary N) is 3. The van der Waals surface area contributed by atoms with Crippen molar-refractivity contribution in [2.24, 2.45) is 0 Å². The third kappa shape index (κ3) is 3.07. The zero-order valence-corrected chi connectivity index (χ0v) is 17.3. The molecule has 0 unspecified atom stereocenters. The van der Waals surface area contributed by atoms with Crippen LogP contribution in [0.4, 0.5) is 11.6 Å². The number of nitrogens with zero attached hydrogens (tertiary/aromatic N) is 2. The van der Waals surface area contributed by atoms with Crippen LogP contribution in [0.3, 0.4) is 0 Å². The minimum absolute atomic E-state index is 0.235. The molecule has 0 atom stereocenters. The van der Waals surface area contributed by atoms with Crippen molar-refractivity contribution in [3.05, 3.63) is 67.7 Å². The van der Waals surface area contributed by atoms with E-state index < -0.39 is 0 Å². The Morgan fingerprint density at radius 2 is 1.83 bits per heavy atom. The van der Waals surface area contributed by atoms with Crippen LogP contribution in [0.1, 0.15) is 5.56 Å². The van der Waals surface area contributed by atoms with Gasteiger partial charge in [-0.15, -0.1) is 11.3 Å². The molecule has 3 aromatic heterocycles. The number of aromatic amines is 2. The lowest BCUT2D eigenvalue weighted by atomic mass is 10.1. The zero-order valence-electron chi connectivity index (χ0n) is 15.0. The molecule has 0 aliphatic heterocycles. The molecule has 0 saturated carbocycles. The second kappa shape index (κ2) is 6.88. The predicted octanol–water partition coefficient (Wildman–Crippen LogP) is 5.89. The average molecular weight is 442 g/mol. The highest BCUT2D eigenvalue weighted by Crippen LogP contribution is 2.33. The third-order valence-electron chi connectivity index (χ3n) is 4.58. The van der Waals surface area contributed by atoms with E-state index in [4.69, 9.17) is 23.2 Å². The lowest BCUT2D eigenvalue weighted by molar-refractivity contribution is 1.18. The first-order chi connectivity index (χ1) is 14.0. The van der Waals surface area contributed by atoms with Crippen LogP contribution in [0.15, 0.2) is 46.6 Å². The lowest BCUT2D eigenvalue weighted by Crippen LogP contribution is -2.10. The van der Waals surface area contributed by atoms with Crippen molar-refractivity contribution < 1.29 is 0 Å². The van der Waals surface area contributed by atoms with Crippen molar-refractivity contribution >= 4 is 68.1 Å². The average Bonchev–Trinajstić information content (AvgIpc) is 3.34. The number of H-pyrrole nitrogens is 2. The topological polar surface area (TPSA) is 86.5 Å². The quantitative estimate of drug-likeness (QED) is 0.325. The minimum atomic E-state index is -0.235. The van der Waals surface area contributed by atoms with Crippen LogP contribution in [0.5, 0.6) is 0 Å². The van der Waals surface area contributed by atoms with E-state index in [1.54, 1.807) is 18.2 Å². The van der Waals surface area contributed by atoms with E-state index >= 15 is 0 Å². The number of hydrogen-bond acceptors (Lipinski definition) is 5. The Morgan fingerprint density at radius 3 is 2.55 bits per heavy atom. The second-order valence-electron chi connectivity index (χ2n) is 6.51. The Balaban J connectivity index is 1.70. The number of para-hydroxylation sites is 1. The molecule has 3 N–H and O–H groups in total. The summed E-state index contributed by atoms with van der Waals surface area (Å²) in [6.45, 7) is 1.92. The highest BCUT2D eigenvalue weighted by atomic mass is 35.5. The molecule has 0 aliphatic carbocycles. The smallest absolute Gasteiger partial charge is 0.261 e. The van der Waals surface area contributed by atoms with Crippen LogP contribution >= 0.6 is 34.5 Å². The summed E-state index contributed by atoms with van der Waals surface area (Å²) in [5.41, 5.74) is 3.06. The summed E-state index contributed by atoms with van der Waals surface area (Å²) in [5.74, 6) is 0.986. The molecule has 3 heterocycles. The summed E-state index contributed by atoms with van der Waals surface area (Å²) >= 11 is 14.0. The summed E-state index contributed by atoms with van der Waals surface area (Å²) in [7, 11) is 0. The van der Waals surface area contributed by atoms with Gasteiger partial charge in [-0.05, 0) is 42.1 Å². The van der Waals surface area contributed by atoms with Gasteiger partial charge in [0, 0.05) is 0 Å². The van der Waals surface area contributed by atoms with E-state index in [-0.39, 0.29) is 5.56 Å². The summed E-state index contributed by atoms with van der Waals surface area (Å²) < 4.78 is 0. The number of benzene rings is 2. The fraction of sp³-hybridized carbons (Fsp3) is 0.0500. The van der Waals surface area contributed by atoms with Gasteiger partial charge >= 0.3 is 0 Å². The number of rotatable bonds is 3. The molecule has 144 valence electrons. The molecule has 2 aromatic carbocycles. The van der Waals surface area contributed by atoms with Crippen LogP contribution in [0.2, 0.25) is 10.0 Å². The first-order valence-corrected chi connectivity index (χ1v) is 10.3. The highest BCUT2D eigenvalue weighted by molar-refractivity contribution is 7.13. The summed E-state index contributed by atoms with van der Waals surface area (Å²) in [4.78, 5) is 29.2. The molecule has 0 amide bonds. The largest absolute Gasteiger partial charge is 0.324 e. The van der Waals surface area contributed by atoms with Crippen LogP contribution in [-0.2, 0) is 0 Å². The molecule has 29 heavy (non-hydrogen) atoms. The van der Waals surface area contributed by atoms with E-state index in [2.05, 4.69) is 25.3 Å². The number of anilines is 2. The minimum Gasteiger partial charge on any atom is -0.324 e. The fourth-order valence-electron chi connectivity index (χ4n) is 3.27. The normalized spacial score (nSPS) is 11.4. The molecule has 5 rings (SSSR count). The molecule has 0 spiro atoms. The van der Waals surface area contributed by atoms with E-state index in [1.165, 1.54) is 11.3 Å². The summed E-state index contributed by atoms with van der Waals surface area (Å²) in [6.07, 6.45) is 0. The molecule has 9 heteroatoms. The number of aryl methyl sites for hydroxylation is 1. The number of hydrogen-bond donors (Lipinski definition) is 3. The van der Waals surface area contributed by atoms with Crippen LogP contribution in [-0.4, -0.2) is 19.9 Å². The maximum absolute atomic E-state index is 12.9. The maximum atomic E-state index is 12.9. The number of imidazole rings is 1. The van der Waals surface area contributed by atoms with Crippen LogP contribution in [0, 0.1) is 6.92 Å². The van der Waals surface area contributed by atoms with Crippen LogP contribution < -0.4 is 10.9 Å². The Bertz CT molecular complexity index is 1420. The standard InChI is InChI=1S/C20H13Cl2N5OS/c1-9-8-12-17(26-20(23-12)25-16-10(21)4-2-5-11(16)22)14-15(9)24-18(27-19(14)28)13-6-3-7-29-13/h2-8H,1H3,(H2,23,25,26)(H,24,27,28). The van der Waals surface area contributed by atoms with E-state index in [0.29, 0.717) is 43.9 Å². The maximum Gasteiger partial charge on any atom is 0.261 e. The predicted molar refractivity (Wildman–Crippen MR) is 120 cm³/mol. The van der Waals surface area contributed by atoms with Gasteiger partial charge in [-0.25, -0.2) is 9.97 Å². The Kier molecular flexibility index (Phi) is 4.31. The van der Waals surface area contributed by atoms with E-state index in [1.807, 2.05) is 30.5 Å². The van der Waals surface area contributed by atoms with Gasteiger partial charge in [-0.2, -0.15) is 0 Å². The summed E-state index contributed by atoms with van der Waals surface area (Å²) in [5, 5.41) is 6.43. The molecule has 5 aromatic rings. The van der Waals surface area contributed by atoms with Gasteiger partial charge in [0.2, 0.25) is 5.95 Å². The van der Waals surface area contributed by atoms with Crippen molar-refractivity contribution in [3.63, 3.8) is 0 Å². The molecule has 0 bridgehead atoms. The number of aromatic nitrogens is 4.